The number of aliphatic hydroxyl groups is 1. The molecule has 11 heteroatoms. The van der Waals surface area contributed by atoms with E-state index in [1.807, 2.05) is 47.5 Å². The highest BCUT2D eigenvalue weighted by Gasteiger charge is 2.36. The van der Waals surface area contributed by atoms with Crippen LogP contribution in [-0.2, 0) is 11.2 Å². The van der Waals surface area contributed by atoms with Gasteiger partial charge in [0.15, 0.2) is 0 Å². The number of carbonyl (C=O) groups excluding carboxylic acids is 2. The highest BCUT2D eigenvalue weighted by Crippen LogP contribution is 2.35. The van der Waals surface area contributed by atoms with Crippen LogP contribution < -0.4 is 10.6 Å². The number of thiazole rings is 1. The van der Waals surface area contributed by atoms with Crippen LogP contribution in [0.4, 0.5) is 0 Å². The molecule has 2 fully saturated rings. The smallest absolute Gasteiger partial charge is 0.254 e. The zero-order valence-electron chi connectivity index (χ0n) is 25.8. The summed E-state index contributed by atoms with van der Waals surface area (Å²) in [5.74, 6) is -0.286. The molecule has 10 nitrogen and oxygen atoms in total. The molecular formula is C35H39N5O5S. The van der Waals surface area contributed by atoms with Crippen molar-refractivity contribution in [2.24, 2.45) is 0 Å². The first-order chi connectivity index (χ1) is 22.4. The molecule has 0 spiro atoms. The molecular weight excluding hydrogens is 602 g/mol. The molecule has 0 aliphatic carbocycles. The van der Waals surface area contributed by atoms with E-state index in [2.05, 4.69) is 27.2 Å². The van der Waals surface area contributed by atoms with Gasteiger partial charge in [-0.05, 0) is 56.4 Å². The Kier molecular flexibility index (Phi) is 10.0. The summed E-state index contributed by atoms with van der Waals surface area (Å²) in [7, 11) is 0. The Morgan fingerprint density at radius 1 is 1.26 bits per heavy atom. The highest BCUT2D eigenvalue weighted by atomic mass is 32.1. The molecule has 240 valence electrons. The first-order valence-corrected chi connectivity index (χ1v) is 16.5. The average molecular weight is 642 g/mol. The SMILES string of the molecule is C=CCO[C@H]1CN[C@@H]([C@@H](O)C(Cc2ccccc2)NC(=O)c2cc(C(=O)N3CCC[C@@H]3c3nc(C)cs3)cc(-c3ncco3)c2)C1. The maximum Gasteiger partial charge on any atom is 0.254 e. The number of carbonyl (C=O) groups is 2. The molecule has 2 aliphatic rings. The van der Waals surface area contributed by atoms with Crippen LogP contribution in [-0.4, -0.2) is 75.8 Å². The van der Waals surface area contributed by atoms with Gasteiger partial charge in [0.05, 0.1) is 37.1 Å². The van der Waals surface area contributed by atoms with E-state index in [1.165, 1.54) is 12.5 Å². The van der Waals surface area contributed by atoms with Gasteiger partial charge in [0.25, 0.3) is 11.8 Å². The van der Waals surface area contributed by atoms with Gasteiger partial charge in [0.2, 0.25) is 5.89 Å². The van der Waals surface area contributed by atoms with Crippen molar-refractivity contribution in [2.75, 3.05) is 19.7 Å². The minimum absolute atomic E-state index is 0.0560. The summed E-state index contributed by atoms with van der Waals surface area (Å²) in [5, 5.41) is 21.0. The summed E-state index contributed by atoms with van der Waals surface area (Å²) in [6, 6.07) is 13.7. The topological polar surface area (TPSA) is 130 Å². The minimum Gasteiger partial charge on any atom is -0.445 e. The quantitative estimate of drug-likeness (QED) is 0.190. The summed E-state index contributed by atoms with van der Waals surface area (Å²) >= 11 is 1.56. The lowest BCUT2D eigenvalue weighted by atomic mass is 9.94. The van der Waals surface area contributed by atoms with Crippen LogP contribution in [0.15, 0.2) is 83.4 Å². The van der Waals surface area contributed by atoms with E-state index in [-0.39, 0.29) is 29.7 Å². The van der Waals surface area contributed by atoms with Crippen molar-refractivity contribution in [3.05, 3.63) is 106 Å². The molecule has 46 heavy (non-hydrogen) atoms. The first-order valence-electron chi connectivity index (χ1n) is 15.7. The van der Waals surface area contributed by atoms with Gasteiger partial charge in [-0.2, -0.15) is 0 Å². The molecule has 2 aromatic heterocycles. The monoisotopic (exact) mass is 641 g/mol. The largest absolute Gasteiger partial charge is 0.445 e. The fourth-order valence-electron chi connectivity index (χ4n) is 6.31. The standard InChI is InChI=1S/C35H39N5O5S/c1-3-13-44-27-19-28(37-20-27)31(41)29(15-23-8-5-4-6-9-23)39-32(42)24-16-25(33-36-11-14-45-33)18-26(17-24)35(43)40-12-7-10-30(40)34-38-22(2)21-46-34/h3-6,8-9,11,14,16-18,21,27-31,37,41H,1,7,10,12-13,15,19-20H2,2H3,(H,39,42)/t27-,28-,29?,30-,31-/m1/s1. The first kappa shape index (κ1) is 31.8. The molecule has 2 saturated heterocycles. The Bertz CT molecular complexity index is 1640. The number of amides is 2. The fourth-order valence-corrected chi connectivity index (χ4v) is 7.25. The summed E-state index contributed by atoms with van der Waals surface area (Å²) < 4.78 is 11.4. The van der Waals surface area contributed by atoms with Gasteiger partial charge < -0.3 is 29.8 Å². The summed E-state index contributed by atoms with van der Waals surface area (Å²) in [5.41, 5.74) is 3.06. The number of aryl methyl sites for hydroxylation is 1. The van der Waals surface area contributed by atoms with E-state index >= 15 is 0 Å². The van der Waals surface area contributed by atoms with Crippen molar-refractivity contribution in [1.29, 1.82) is 0 Å². The minimum atomic E-state index is -0.898. The van der Waals surface area contributed by atoms with Crippen molar-refractivity contribution in [2.45, 2.75) is 62.9 Å². The number of ether oxygens (including phenoxy) is 1. The average Bonchev–Trinajstić information content (AvgIpc) is 3.91. The van der Waals surface area contributed by atoms with E-state index in [1.54, 1.807) is 35.6 Å². The Labute approximate surface area is 272 Å². The lowest BCUT2D eigenvalue weighted by Gasteiger charge is -2.29. The van der Waals surface area contributed by atoms with Gasteiger partial charge in [0, 0.05) is 46.9 Å². The lowest BCUT2D eigenvalue weighted by molar-refractivity contribution is 0.0617. The van der Waals surface area contributed by atoms with Crippen molar-refractivity contribution >= 4 is 23.2 Å². The number of hydrogen-bond donors (Lipinski definition) is 3. The number of hydrogen-bond acceptors (Lipinski definition) is 9. The summed E-state index contributed by atoms with van der Waals surface area (Å²) in [6.45, 7) is 7.30. The van der Waals surface area contributed by atoms with Crippen LogP contribution in [0.25, 0.3) is 11.5 Å². The van der Waals surface area contributed by atoms with Crippen LogP contribution in [0.2, 0.25) is 0 Å². The third-order valence-electron chi connectivity index (χ3n) is 8.57. The Hall–Kier alpha value is -4.16. The number of nitrogens with one attached hydrogen (secondary N) is 2. The van der Waals surface area contributed by atoms with E-state index in [0.717, 1.165) is 29.1 Å². The molecule has 4 aromatic rings. The number of likely N-dealkylation sites (tertiary alicyclic amines) is 1. The fraction of sp³-hybridized carbons (Fsp3) is 0.371. The molecule has 2 aliphatic heterocycles. The van der Waals surface area contributed by atoms with Gasteiger partial charge in [-0.15, -0.1) is 17.9 Å². The van der Waals surface area contributed by atoms with Gasteiger partial charge >= 0.3 is 0 Å². The van der Waals surface area contributed by atoms with Crippen LogP contribution >= 0.6 is 11.3 Å². The lowest BCUT2D eigenvalue weighted by Crippen LogP contribution is -2.52. The molecule has 4 heterocycles. The van der Waals surface area contributed by atoms with E-state index in [0.29, 0.717) is 49.6 Å². The molecule has 3 N–H and O–H groups in total. The second-order valence-electron chi connectivity index (χ2n) is 11.9. The normalized spacial score (nSPS) is 20.8. The van der Waals surface area contributed by atoms with Gasteiger partial charge in [-0.25, -0.2) is 9.97 Å². The summed E-state index contributed by atoms with van der Waals surface area (Å²) in [4.78, 5) is 38.8. The second kappa shape index (κ2) is 14.5. The van der Waals surface area contributed by atoms with Crippen molar-refractivity contribution in [3.8, 4) is 11.5 Å². The highest BCUT2D eigenvalue weighted by molar-refractivity contribution is 7.09. The third-order valence-corrected chi connectivity index (χ3v) is 9.63. The van der Waals surface area contributed by atoms with Gasteiger partial charge in [0.1, 0.15) is 11.3 Å². The number of rotatable bonds is 12. The van der Waals surface area contributed by atoms with Crippen molar-refractivity contribution < 1.29 is 23.8 Å². The molecule has 1 unspecified atom stereocenters. The maximum absolute atomic E-state index is 14.0. The van der Waals surface area contributed by atoms with Crippen molar-refractivity contribution in [3.63, 3.8) is 0 Å². The molecule has 6 rings (SSSR count). The second-order valence-corrected chi connectivity index (χ2v) is 12.8. The maximum atomic E-state index is 14.0. The van der Waals surface area contributed by atoms with Crippen molar-refractivity contribution in [1.82, 2.24) is 25.5 Å². The van der Waals surface area contributed by atoms with Gasteiger partial charge in [-0.3, -0.25) is 9.59 Å². The van der Waals surface area contributed by atoms with Crippen LogP contribution in [0.3, 0.4) is 0 Å². The Balaban J connectivity index is 1.27. The zero-order chi connectivity index (χ0) is 32.0. The van der Waals surface area contributed by atoms with Crippen LogP contribution in [0.5, 0.6) is 0 Å². The molecule has 2 amide bonds. The van der Waals surface area contributed by atoms with Gasteiger partial charge in [-0.1, -0.05) is 36.4 Å². The molecule has 0 saturated carbocycles. The molecule has 5 atom stereocenters. The predicted molar refractivity (Wildman–Crippen MR) is 176 cm³/mol. The number of aliphatic hydroxyl groups excluding tert-OH is 1. The predicted octanol–water partition coefficient (Wildman–Crippen LogP) is 4.72. The Morgan fingerprint density at radius 2 is 2.09 bits per heavy atom. The number of aromatic nitrogens is 2. The van der Waals surface area contributed by atoms with E-state index < -0.39 is 18.1 Å². The molecule has 0 bridgehead atoms. The zero-order valence-corrected chi connectivity index (χ0v) is 26.6. The summed E-state index contributed by atoms with van der Waals surface area (Å²) in [6.07, 6.45) is 6.45. The van der Waals surface area contributed by atoms with Crippen LogP contribution in [0, 0.1) is 6.92 Å². The van der Waals surface area contributed by atoms with E-state index in [9.17, 15) is 14.7 Å². The molecule has 0 radical (unpaired) electrons. The molecule has 2 aromatic carbocycles. The Morgan fingerprint density at radius 3 is 2.83 bits per heavy atom. The van der Waals surface area contributed by atoms with E-state index in [4.69, 9.17) is 9.15 Å². The third kappa shape index (κ3) is 7.28. The number of nitrogens with zero attached hydrogens (tertiary/aromatic N) is 3. The van der Waals surface area contributed by atoms with Crippen LogP contribution in [0.1, 0.15) is 62.3 Å². The number of benzene rings is 2. The number of oxazole rings is 1.